The van der Waals surface area contributed by atoms with Crippen molar-refractivity contribution in [3.8, 4) is 0 Å². The van der Waals surface area contributed by atoms with Crippen LogP contribution in [0.25, 0.3) is 0 Å². The molecule has 1 aliphatic heterocycles. The average Bonchev–Trinajstić information content (AvgIpc) is 1.75. The molecule has 0 atom stereocenters. The normalized spacial score (nSPS) is 21.8. The summed E-state index contributed by atoms with van der Waals surface area (Å²) in [4.78, 5) is 2.51. The van der Waals surface area contributed by atoms with Gasteiger partial charge in [0.15, 0.2) is 0 Å². The molecule has 1 heteroatoms. The second-order valence-corrected chi connectivity index (χ2v) is 4.98. The van der Waals surface area contributed by atoms with Crippen molar-refractivity contribution in [2.24, 2.45) is 11.3 Å². The van der Waals surface area contributed by atoms with Crippen molar-refractivity contribution in [1.29, 1.82) is 0 Å². The molecular formula is C10H21N. The maximum atomic E-state index is 2.51. The van der Waals surface area contributed by atoms with E-state index < -0.39 is 0 Å². The van der Waals surface area contributed by atoms with E-state index in [2.05, 4.69) is 32.6 Å². The Labute approximate surface area is 70.8 Å². The lowest BCUT2D eigenvalue weighted by molar-refractivity contribution is 0.0749. The molecule has 0 radical (unpaired) electrons. The lowest BCUT2D eigenvalue weighted by Crippen LogP contribution is -2.47. The molecule has 0 N–H and O–H groups in total. The van der Waals surface area contributed by atoms with E-state index in [1.165, 1.54) is 26.1 Å². The van der Waals surface area contributed by atoms with Crippen molar-refractivity contribution >= 4 is 0 Å². The SMILES string of the molecule is CCN1CC(CC(C)(C)C)C1. The van der Waals surface area contributed by atoms with Gasteiger partial charge in [0.05, 0.1) is 0 Å². The zero-order valence-electron chi connectivity index (χ0n) is 8.35. The highest BCUT2D eigenvalue weighted by Crippen LogP contribution is 2.29. The zero-order chi connectivity index (χ0) is 8.48. The van der Waals surface area contributed by atoms with E-state index in [-0.39, 0.29) is 0 Å². The van der Waals surface area contributed by atoms with Crippen LogP contribution in [0.3, 0.4) is 0 Å². The van der Waals surface area contributed by atoms with Crippen molar-refractivity contribution in [2.45, 2.75) is 34.1 Å². The maximum absolute atomic E-state index is 2.51. The summed E-state index contributed by atoms with van der Waals surface area (Å²) in [5.74, 6) is 0.981. The summed E-state index contributed by atoms with van der Waals surface area (Å²) in [7, 11) is 0. The average molecular weight is 155 g/mol. The van der Waals surface area contributed by atoms with Gasteiger partial charge in [-0.15, -0.1) is 0 Å². The minimum Gasteiger partial charge on any atom is -0.303 e. The first-order valence-corrected chi connectivity index (χ1v) is 4.73. The minimum absolute atomic E-state index is 0.532. The first-order valence-electron chi connectivity index (χ1n) is 4.73. The molecule has 1 nitrogen and oxygen atoms in total. The number of likely N-dealkylation sites (tertiary alicyclic amines) is 1. The summed E-state index contributed by atoms with van der Waals surface area (Å²) in [6, 6.07) is 0. The molecule has 0 aliphatic carbocycles. The van der Waals surface area contributed by atoms with Crippen LogP contribution in [0.5, 0.6) is 0 Å². The van der Waals surface area contributed by atoms with Crippen LogP contribution < -0.4 is 0 Å². The summed E-state index contributed by atoms with van der Waals surface area (Å²) < 4.78 is 0. The van der Waals surface area contributed by atoms with Crippen LogP contribution in [-0.2, 0) is 0 Å². The molecule has 0 amide bonds. The Morgan fingerprint density at radius 2 is 1.82 bits per heavy atom. The van der Waals surface area contributed by atoms with Gasteiger partial charge in [-0.1, -0.05) is 27.7 Å². The van der Waals surface area contributed by atoms with Crippen molar-refractivity contribution in [1.82, 2.24) is 4.90 Å². The van der Waals surface area contributed by atoms with E-state index in [9.17, 15) is 0 Å². The molecule has 0 bridgehead atoms. The van der Waals surface area contributed by atoms with Gasteiger partial charge < -0.3 is 4.90 Å². The van der Waals surface area contributed by atoms with Gasteiger partial charge in [-0.3, -0.25) is 0 Å². The second kappa shape index (κ2) is 3.14. The molecule has 1 rings (SSSR count). The van der Waals surface area contributed by atoms with E-state index >= 15 is 0 Å². The van der Waals surface area contributed by atoms with Crippen LogP contribution in [0.15, 0.2) is 0 Å². The maximum Gasteiger partial charge on any atom is 0.00221 e. The molecule has 66 valence electrons. The molecule has 1 heterocycles. The van der Waals surface area contributed by atoms with Gasteiger partial charge in [0.25, 0.3) is 0 Å². The van der Waals surface area contributed by atoms with Crippen molar-refractivity contribution in [2.75, 3.05) is 19.6 Å². The van der Waals surface area contributed by atoms with Gasteiger partial charge in [0.2, 0.25) is 0 Å². The number of nitrogens with zero attached hydrogens (tertiary/aromatic N) is 1. The van der Waals surface area contributed by atoms with Crippen LogP contribution in [0.4, 0.5) is 0 Å². The van der Waals surface area contributed by atoms with Crippen LogP contribution in [0.2, 0.25) is 0 Å². The largest absolute Gasteiger partial charge is 0.303 e. The Balaban J connectivity index is 2.14. The van der Waals surface area contributed by atoms with Gasteiger partial charge in [-0.25, -0.2) is 0 Å². The Morgan fingerprint density at radius 3 is 2.18 bits per heavy atom. The Kier molecular flexibility index (Phi) is 2.58. The third kappa shape index (κ3) is 2.82. The monoisotopic (exact) mass is 155 g/mol. The van der Waals surface area contributed by atoms with E-state index in [0.29, 0.717) is 5.41 Å². The minimum atomic E-state index is 0.532. The van der Waals surface area contributed by atoms with Gasteiger partial charge in [0, 0.05) is 13.1 Å². The van der Waals surface area contributed by atoms with E-state index in [0.717, 1.165) is 5.92 Å². The quantitative estimate of drug-likeness (QED) is 0.592. The first kappa shape index (κ1) is 9.05. The van der Waals surface area contributed by atoms with E-state index in [1.54, 1.807) is 0 Å². The Hall–Kier alpha value is -0.0400. The van der Waals surface area contributed by atoms with Crippen LogP contribution in [0, 0.1) is 11.3 Å². The van der Waals surface area contributed by atoms with Gasteiger partial charge in [0.1, 0.15) is 0 Å². The summed E-state index contributed by atoms with van der Waals surface area (Å²) in [6.45, 7) is 13.2. The lowest BCUT2D eigenvalue weighted by atomic mass is 9.81. The molecule has 1 aliphatic rings. The summed E-state index contributed by atoms with van der Waals surface area (Å²) in [5.41, 5.74) is 0.532. The fraction of sp³-hybridized carbons (Fsp3) is 1.00. The fourth-order valence-corrected chi connectivity index (χ4v) is 1.93. The highest BCUT2D eigenvalue weighted by Gasteiger charge is 2.28. The molecule has 11 heavy (non-hydrogen) atoms. The first-order chi connectivity index (χ1) is 5.01. The van der Waals surface area contributed by atoms with Crippen LogP contribution in [-0.4, -0.2) is 24.5 Å². The van der Waals surface area contributed by atoms with Gasteiger partial charge in [-0.2, -0.15) is 0 Å². The Bertz CT molecular complexity index is 117. The topological polar surface area (TPSA) is 3.24 Å². The van der Waals surface area contributed by atoms with Crippen molar-refractivity contribution in [3.05, 3.63) is 0 Å². The standard InChI is InChI=1S/C10H21N/c1-5-11-7-9(8-11)6-10(2,3)4/h9H,5-8H2,1-4H3. The van der Waals surface area contributed by atoms with Gasteiger partial charge >= 0.3 is 0 Å². The van der Waals surface area contributed by atoms with E-state index in [1.807, 2.05) is 0 Å². The molecule has 0 unspecified atom stereocenters. The second-order valence-electron chi connectivity index (χ2n) is 4.98. The third-order valence-corrected chi connectivity index (χ3v) is 2.38. The number of rotatable bonds is 2. The fourth-order valence-electron chi connectivity index (χ4n) is 1.93. The molecule has 0 aromatic carbocycles. The highest BCUT2D eigenvalue weighted by molar-refractivity contribution is 4.82. The summed E-state index contributed by atoms with van der Waals surface area (Å²) in [6.07, 6.45) is 1.39. The zero-order valence-corrected chi connectivity index (χ0v) is 8.35. The third-order valence-electron chi connectivity index (χ3n) is 2.38. The van der Waals surface area contributed by atoms with E-state index in [4.69, 9.17) is 0 Å². The highest BCUT2D eigenvalue weighted by atomic mass is 15.2. The molecule has 0 aromatic rings. The van der Waals surface area contributed by atoms with Crippen LogP contribution in [0.1, 0.15) is 34.1 Å². The summed E-state index contributed by atoms with van der Waals surface area (Å²) >= 11 is 0. The smallest absolute Gasteiger partial charge is 0.00221 e. The molecule has 1 fully saturated rings. The predicted octanol–water partition coefficient (Wildman–Crippen LogP) is 2.37. The molecule has 0 aromatic heterocycles. The molecule has 0 saturated carbocycles. The Morgan fingerprint density at radius 1 is 1.27 bits per heavy atom. The van der Waals surface area contributed by atoms with Crippen LogP contribution >= 0.6 is 0 Å². The molecular weight excluding hydrogens is 134 g/mol. The van der Waals surface area contributed by atoms with Gasteiger partial charge in [-0.05, 0) is 24.3 Å². The number of hydrogen-bond donors (Lipinski definition) is 0. The number of hydrogen-bond acceptors (Lipinski definition) is 1. The van der Waals surface area contributed by atoms with Crippen molar-refractivity contribution < 1.29 is 0 Å². The molecule has 0 spiro atoms. The predicted molar refractivity (Wildman–Crippen MR) is 49.7 cm³/mol. The molecule has 1 saturated heterocycles. The summed E-state index contributed by atoms with van der Waals surface area (Å²) in [5, 5.41) is 0. The lowest BCUT2D eigenvalue weighted by Gasteiger charge is -2.41. The van der Waals surface area contributed by atoms with Crippen molar-refractivity contribution in [3.63, 3.8) is 0 Å².